The van der Waals surface area contributed by atoms with Gasteiger partial charge in [-0.15, -0.1) is 0 Å². The number of cyclic esters (lactones) is 1. The zero-order valence-corrected chi connectivity index (χ0v) is 12.8. The summed E-state index contributed by atoms with van der Waals surface area (Å²) in [4.78, 5) is 12.2. The van der Waals surface area contributed by atoms with Crippen LogP contribution < -0.4 is 0 Å². The van der Waals surface area contributed by atoms with Crippen LogP contribution in [-0.2, 0) is 14.3 Å². The van der Waals surface area contributed by atoms with E-state index in [1.54, 1.807) is 31.2 Å². The van der Waals surface area contributed by atoms with Gasteiger partial charge in [-0.2, -0.15) is 10.5 Å². The highest BCUT2D eigenvalue weighted by Gasteiger charge is 2.54. The van der Waals surface area contributed by atoms with Gasteiger partial charge in [-0.3, -0.25) is 0 Å². The van der Waals surface area contributed by atoms with Crippen molar-refractivity contribution in [3.8, 4) is 12.1 Å². The highest BCUT2D eigenvalue weighted by Crippen LogP contribution is 2.46. The van der Waals surface area contributed by atoms with Crippen LogP contribution in [0.15, 0.2) is 41.9 Å². The summed E-state index contributed by atoms with van der Waals surface area (Å²) in [5.74, 6) is -1.72. The molecule has 0 aromatic heterocycles. The predicted octanol–water partition coefficient (Wildman–Crippen LogP) is 2.76. The van der Waals surface area contributed by atoms with E-state index in [4.69, 9.17) is 9.47 Å². The van der Waals surface area contributed by atoms with Crippen LogP contribution in [0, 0.1) is 22.7 Å². The maximum absolute atomic E-state index is 12.2. The lowest BCUT2D eigenvalue weighted by Gasteiger charge is -2.32. The summed E-state index contributed by atoms with van der Waals surface area (Å²) >= 11 is 3.15. The molecule has 0 N–H and O–H groups in total. The van der Waals surface area contributed by atoms with Gasteiger partial charge < -0.3 is 9.47 Å². The number of carbonyl (C=O) groups is 1. The molecule has 2 atom stereocenters. The fraction of sp³-hybridized carbons (Fsp3) is 0.267. The van der Waals surface area contributed by atoms with Crippen LogP contribution in [0.2, 0.25) is 0 Å². The van der Waals surface area contributed by atoms with Crippen LogP contribution in [-0.4, -0.2) is 16.9 Å². The Hall–Kier alpha value is -2.31. The topological polar surface area (TPSA) is 83.1 Å². The van der Waals surface area contributed by atoms with Gasteiger partial charge in [0.25, 0.3) is 0 Å². The lowest BCUT2D eigenvalue weighted by molar-refractivity contribution is -0.148. The van der Waals surface area contributed by atoms with Crippen molar-refractivity contribution >= 4 is 21.9 Å². The van der Waals surface area contributed by atoms with Gasteiger partial charge in [0.15, 0.2) is 0 Å². The quantitative estimate of drug-likeness (QED) is 0.620. The number of allylic oxidation sites excluding steroid dienone is 1. The Morgan fingerprint density at radius 1 is 1.38 bits per heavy atom. The third-order valence-corrected chi connectivity index (χ3v) is 4.04. The van der Waals surface area contributed by atoms with Crippen molar-refractivity contribution in [3.05, 3.63) is 47.4 Å². The van der Waals surface area contributed by atoms with E-state index in [9.17, 15) is 15.3 Å². The Morgan fingerprint density at radius 2 is 2.05 bits per heavy atom. The fourth-order valence-corrected chi connectivity index (χ4v) is 2.72. The zero-order valence-electron chi connectivity index (χ0n) is 11.2. The predicted molar refractivity (Wildman–Crippen MR) is 76.8 cm³/mol. The van der Waals surface area contributed by atoms with E-state index in [0.29, 0.717) is 5.56 Å². The molecule has 0 fully saturated rings. The van der Waals surface area contributed by atoms with Gasteiger partial charge in [0.05, 0.1) is 18.6 Å². The largest absolute Gasteiger partial charge is 0.465 e. The number of esters is 1. The second-order valence-electron chi connectivity index (χ2n) is 4.30. The number of alkyl halides is 1. The SMILES string of the molecule is CCOC1=C(C#N)C(c2ccccc2)C(Br)(C#N)C(=O)O1. The molecular formula is C15H11BrN2O3. The molecule has 0 saturated carbocycles. The maximum Gasteiger partial charge on any atom is 0.346 e. The highest BCUT2D eigenvalue weighted by molar-refractivity contribution is 9.10. The van der Waals surface area contributed by atoms with Gasteiger partial charge in [0, 0.05) is 0 Å². The van der Waals surface area contributed by atoms with E-state index in [1.165, 1.54) is 0 Å². The van der Waals surface area contributed by atoms with Crippen molar-refractivity contribution in [2.24, 2.45) is 0 Å². The first-order chi connectivity index (χ1) is 10.1. The highest BCUT2D eigenvalue weighted by atomic mass is 79.9. The number of hydrogen-bond donors (Lipinski definition) is 0. The van der Waals surface area contributed by atoms with E-state index < -0.39 is 16.2 Å². The van der Waals surface area contributed by atoms with E-state index in [2.05, 4.69) is 15.9 Å². The summed E-state index contributed by atoms with van der Waals surface area (Å²) < 4.78 is 8.59. The lowest BCUT2D eigenvalue weighted by Crippen LogP contribution is -2.43. The van der Waals surface area contributed by atoms with Crippen LogP contribution >= 0.6 is 15.9 Å². The summed E-state index contributed by atoms with van der Waals surface area (Å²) in [6, 6.07) is 12.8. The van der Waals surface area contributed by atoms with Gasteiger partial charge >= 0.3 is 11.9 Å². The molecule has 6 heteroatoms. The average Bonchev–Trinajstić information content (AvgIpc) is 2.51. The van der Waals surface area contributed by atoms with Crippen LogP contribution in [0.4, 0.5) is 0 Å². The minimum absolute atomic E-state index is 0.112. The molecule has 106 valence electrons. The van der Waals surface area contributed by atoms with Crippen molar-refractivity contribution in [2.75, 3.05) is 6.61 Å². The summed E-state index contributed by atoms with van der Waals surface area (Å²) in [6.45, 7) is 1.96. The molecule has 0 saturated heterocycles. The van der Waals surface area contributed by atoms with E-state index >= 15 is 0 Å². The molecule has 1 aromatic rings. The summed E-state index contributed by atoms with van der Waals surface area (Å²) in [5, 5.41) is 18.8. The van der Waals surface area contributed by atoms with Crippen molar-refractivity contribution in [2.45, 2.75) is 17.2 Å². The first-order valence-electron chi connectivity index (χ1n) is 6.23. The van der Waals surface area contributed by atoms with Crippen molar-refractivity contribution in [1.29, 1.82) is 10.5 Å². The summed E-state index contributed by atoms with van der Waals surface area (Å²) in [6.07, 6.45) is 0. The first-order valence-corrected chi connectivity index (χ1v) is 7.02. The molecule has 0 aliphatic carbocycles. The van der Waals surface area contributed by atoms with E-state index in [0.717, 1.165) is 0 Å². The molecule has 0 amide bonds. The number of nitriles is 2. The molecule has 0 bridgehead atoms. The number of halogens is 1. The van der Waals surface area contributed by atoms with E-state index in [-0.39, 0.29) is 18.1 Å². The number of ether oxygens (including phenoxy) is 2. The van der Waals surface area contributed by atoms with E-state index in [1.807, 2.05) is 18.2 Å². The summed E-state index contributed by atoms with van der Waals surface area (Å²) in [5.41, 5.74) is 0.766. The Morgan fingerprint density at radius 3 is 2.57 bits per heavy atom. The second kappa shape index (κ2) is 5.99. The number of benzene rings is 1. The van der Waals surface area contributed by atoms with Crippen molar-refractivity contribution in [1.82, 2.24) is 0 Å². The van der Waals surface area contributed by atoms with Crippen LogP contribution in [0.25, 0.3) is 0 Å². The van der Waals surface area contributed by atoms with Crippen molar-refractivity contribution in [3.63, 3.8) is 0 Å². The number of rotatable bonds is 3. The molecule has 1 aliphatic heterocycles. The van der Waals surface area contributed by atoms with Gasteiger partial charge in [-0.05, 0) is 12.5 Å². The maximum atomic E-state index is 12.2. The molecular weight excluding hydrogens is 336 g/mol. The lowest BCUT2D eigenvalue weighted by atomic mass is 9.80. The third kappa shape index (κ3) is 2.51. The number of carbonyl (C=O) groups excluding carboxylic acids is 1. The minimum atomic E-state index is -1.65. The van der Waals surface area contributed by atoms with Gasteiger partial charge in [0.1, 0.15) is 11.6 Å². The summed E-state index contributed by atoms with van der Waals surface area (Å²) in [7, 11) is 0. The zero-order chi connectivity index (χ0) is 15.5. The molecule has 2 unspecified atom stereocenters. The molecule has 1 aliphatic rings. The molecule has 0 radical (unpaired) electrons. The molecule has 5 nitrogen and oxygen atoms in total. The molecule has 21 heavy (non-hydrogen) atoms. The van der Waals surface area contributed by atoms with Crippen LogP contribution in [0.1, 0.15) is 18.4 Å². The Balaban J connectivity index is 2.68. The van der Waals surface area contributed by atoms with Crippen LogP contribution in [0.5, 0.6) is 0 Å². The van der Waals surface area contributed by atoms with Crippen molar-refractivity contribution < 1.29 is 14.3 Å². The molecule has 1 heterocycles. The van der Waals surface area contributed by atoms with Crippen LogP contribution in [0.3, 0.4) is 0 Å². The van der Waals surface area contributed by atoms with Gasteiger partial charge in [-0.25, -0.2) is 4.79 Å². The average molecular weight is 347 g/mol. The normalized spacial score (nSPS) is 24.8. The number of hydrogen-bond acceptors (Lipinski definition) is 5. The van der Waals surface area contributed by atoms with Gasteiger partial charge in [0.2, 0.25) is 4.32 Å². The minimum Gasteiger partial charge on any atom is -0.465 e. The first kappa shape index (κ1) is 15.1. The Labute approximate surface area is 130 Å². The Bertz CT molecular complexity index is 672. The molecule has 1 aromatic carbocycles. The smallest absolute Gasteiger partial charge is 0.346 e. The fourth-order valence-electron chi connectivity index (χ4n) is 2.15. The van der Waals surface area contributed by atoms with Gasteiger partial charge in [-0.1, -0.05) is 46.3 Å². The third-order valence-electron chi connectivity index (χ3n) is 3.08. The molecule has 2 rings (SSSR count). The molecule has 0 spiro atoms. The monoisotopic (exact) mass is 346 g/mol. The standard InChI is InChI=1S/C15H11BrN2O3/c1-2-20-13-11(8-17)12(10-6-4-3-5-7-10)15(16,9-18)14(19)21-13/h3-7,12H,2H2,1H3. The second-order valence-corrected chi connectivity index (χ2v) is 5.55. The number of nitrogens with zero attached hydrogens (tertiary/aromatic N) is 2. The Kier molecular flexibility index (Phi) is 4.30.